The Labute approximate surface area is 128 Å². The first-order chi connectivity index (χ1) is 10.7. The average Bonchev–Trinajstić information content (AvgIpc) is 2.56. The van der Waals surface area contributed by atoms with Gasteiger partial charge in [0.15, 0.2) is 5.82 Å². The lowest BCUT2D eigenvalue weighted by Gasteiger charge is -2.33. The molecule has 0 bridgehead atoms. The molecule has 1 aliphatic heterocycles. The topological polar surface area (TPSA) is 80.2 Å². The third-order valence-electron chi connectivity index (χ3n) is 3.43. The van der Waals surface area contributed by atoms with Gasteiger partial charge in [0, 0.05) is 25.9 Å². The number of nitrogens with zero attached hydrogens (tertiary/aromatic N) is 4. The van der Waals surface area contributed by atoms with Gasteiger partial charge in [-0.2, -0.15) is 0 Å². The predicted octanol–water partition coefficient (Wildman–Crippen LogP) is 1.53. The van der Waals surface area contributed by atoms with Crippen LogP contribution in [0, 0.1) is 0 Å². The largest absolute Gasteiger partial charge is 0.377 e. The summed E-state index contributed by atoms with van der Waals surface area (Å²) in [6.45, 7) is 3.06. The van der Waals surface area contributed by atoms with Gasteiger partial charge in [0.25, 0.3) is 0 Å². The molecule has 2 aromatic heterocycles. The highest BCUT2D eigenvalue weighted by atomic mass is 16.5. The number of hydrogen-bond donors (Lipinski definition) is 1. The molecule has 0 spiro atoms. The summed E-state index contributed by atoms with van der Waals surface area (Å²) in [7, 11) is 0. The molecule has 0 saturated carbocycles. The number of hydrogen-bond acceptors (Lipinski definition) is 6. The molecule has 1 aliphatic rings. The second-order valence-corrected chi connectivity index (χ2v) is 4.94. The maximum Gasteiger partial charge on any atom is 0.220 e. The summed E-state index contributed by atoms with van der Waals surface area (Å²) >= 11 is 0. The van der Waals surface area contributed by atoms with Crippen LogP contribution < -0.4 is 5.32 Å². The van der Waals surface area contributed by atoms with Gasteiger partial charge < -0.3 is 15.0 Å². The molecule has 22 heavy (non-hydrogen) atoms. The minimum atomic E-state index is -0.253. The lowest BCUT2D eigenvalue weighted by atomic mass is 10.2. The molecule has 114 valence electrons. The third kappa shape index (κ3) is 3.20. The van der Waals surface area contributed by atoms with Crippen LogP contribution in [-0.4, -0.2) is 45.5 Å². The van der Waals surface area contributed by atoms with Crippen LogP contribution in [0.5, 0.6) is 0 Å². The van der Waals surface area contributed by atoms with Gasteiger partial charge in [0.2, 0.25) is 5.91 Å². The van der Waals surface area contributed by atoms with Crippen LogP contribution >= 0.6 is 0 Å². The van der Waals surface area contributed by atoms with E-state index < -0.39 is 0 Å². The van der Waals surface area contributed by atoms with Gasteiger partial charge in [-0.15, -0.1) is 0 Å². The Balaban J connectivity index is 1.82. The summed E-state index contributed by atoms with van der Waals surface area (Å²) < 4.78 is 5.47. The molecule has 2 aromatic rings. The van der Waals surface area contributed by atoms with Gasteiger partial charge in [-0.05, 0) is 18.2 Å². The lowest BCUT2D eigenvalue weighted by Crippen LogP contribution is -2.43. The van der Waals surface area contributed by atoms with Crippen LogP contribution in [0.4, 0.5) is 11.6 Å². The molecule has 1 amide bonds. The zero-order valence-corrected chi connectivity index (χ0v) is 12.3. The SMILES string of the molecule is CC(=O)N1CCOC[C@H]1c1nccc(Nc2ccccn2)n1. The first kappa shape index (κ1) is 14.4. The van der Waals surface area contributed by atoms with E-state index in [-0.39, 0.29) is 11.9 Å². The van der Waals surface area contributed by atoms with E-state index in [4.69, 9.17) is 4.74 Å². The molecular formula is C15H17N5O2. The number of nitrogens with one attached hydrogen (secondary N) is 1. The van der Waals surface area contributed by atoms with Crippen molar-refractivity contribution in [2.45, 2.75) is 13.0 Å². The molecule has 3 rings (SSSR count). The molecule has 1 fully saturated rings. The average molecular weight is 299 g/mol. The monoisotopic (exact) mass is 299 g/mol. The Hall–Kier alpha value is -2.54. The van der Waals surface area contributed by atoms with E-state index in [0.717, 1.165) is 0 Å². The quantitative estimate of drug-likeness (QED) is 0.926. The molecule has 0 radical (unpaired) electrons. The van der Waals surface area contributed by atoms with Crippen molar-refractivity contribution in [2.75, 3.05) is 25.1 Å². The Kier molecular flexibility index (Phi) is 4.24. The zero-order valence-electron chi connectivity index (χ0n) is 12.3. The van der Waals surface area contributed by atoms with Crippen molar-refractivity contribution in [3.8, 4) is 0 Å². The standard InChI is InChI=1S/C15H17N5O2/c1-11(21)20-8-9-22-10-12(20)15-17-7-5-14(19-15)18-13-4-2-3-6-16-13/h2-7,12H,8-10H2,1H3,(H,16,17,18,19)/t12-/m0/s1. The van der Waals surface area contributed by atoms with Gasteiger partial charge in [-0.3, -0.25) is 4.79 Å². The highest BCUT2D eigenvalue weighted by Gasteiger charge is 2.28. The molecule has 1 saturated heterocycles. The van der Waals surface area contributed by atoms with Gasteiger partial charge in [-0.25, -0.2) is 15.0 Å². The number of carbonyl (C=O) groups is 1. The van der Waals surface area contributed by atoms with E-state index in [1.54, 1.807) is 30.3 Å². The van der Waals surface area contributed by atoms with Crippen molar-refractivity contribution >= 4 is 17.5 Å². The van der Waals surface area contributed by atoms with Crippen LogP contribution in [0.25, 0.3) is 0 Å². The second kappa shape index (κ2) is 6.48. The summed E-state index contributed by atoms with van der Waals surface area (Å²) in [5.74, 6) is 1.91. The maximum atomic E-state index is 11.7. The Morgan fingerprint density at radius 3 is 2.95 bits per heavy atom. The first-order valence-electron chi connectivity index (χ1n) is 7.10. The van der Waals surface area contributed by atoms with E-state index in [1.165, 1.54) is 0 Å². The molecule has 0 aliphatic carbocycles. The Bertz CT molecular complexity index is 649. The van der Waals surface area contributed by atoms with Gasteiger partial charge in [0.05, 0.1) is 13.2 Å². The van der Waals surface area contributed by atoms with Crippen molar-refractivity contribution < 1.29 is 9.53 Å². The lowest BCUT2D eigenvalue weighted by molar-refractivity contribution is -0.138. The minimum absolute atomic E-state index is 0.0000108. The minimum Gasteiger partial charge on any atom is -0.377 e. The van der Waals surface area contributed by atoms with Crippen LogP contribution in [0.3, 0.4) is 0 Å². The number of morpholine rings is 1. The fourth-order valence-electron chi connectivity index (χ4n) is 2.37. The summed E-state index contributed by atoms with van der Waals surface area (Å²) in [6, 6.07) is 7.11. The van der Waals surface area contributed by atoms with E-state index in [9.17, 15) is 4.79 Å². The number of aromatic nitrogens is 3. The smallest absolute Gasteiger partial charge is 0.220 e. The normalized spacial score (nSPS) is 18.0. The van der Waals surface area contributed by atoms with Crippen LogP contribution in [0.1, 0.15) is 18.8 Å². The van der Waals surface area contributed by atoms with Crippen molar-refractivity contribution in [3.63, 3.8) is 0 Å². The number of rotatable bonds is 3. The first-order valence-corrected chi connectivity index (χ1v) is 7.10. The molecule has 7 nitrogen and oxygen atoms in total. The maximum absolute atomic E-state index is 11.7. The number of ether oxygens (including phenoxy) is 1. The summed E-state index contributed by atoms with van der Waals surface area (Å²) in [4.78, 5) is 26.5. The summed E-state index contributed by atoms with van der Waals surface area (Å²) in [6.07, 6.45) is 3.37. The third-order valence-corrected chi connectivity index (χ3v) is 3.43. The van der Waals surface area contributed by atoms with Gasteiger partial charge >= 0.3 is 0 Å². The molecule has 0 unspecified atom stereocenters. The summed E-state index contributed by atoms with van der Waals surface area (Å²) in [5, 5.41) is 3.12. The Morgan fingerprint density at radius 1 is 1.27 bits per heavy atom. The molecule has 3 heterocycles. The van der Waals surface area contributed by atoms with Crippen LogP contribution in [0.15, 0.2) is 36.7 Å². The molecule has 1 atom stereocenters. The highest BCUT2D eigenvalue weighted by Crippen LogP contribution is 2.22. The van der Waals surface area contributed by atoms with E-state index in [0.29, 0.717) is 37.2 Å². The van der Waals surface area contributed by atoms with Crippen LogP contribution in [-0.2, 0) is 9.53 Å². The number of pyridine rings is 1. The van der Waals surface area contributed by atoms with E-state index in [2.05, 4.69) is 20.3 Å². The molecule has 1 N–H and O–H groups in total. The number of anilines is 2. The number of amides is 1. The van der Waals surface area contributed by atoms with Gasteiger partial charge in [0.1, 0.15) is 17.7 Å². The van der Waals surface area contributed by atoms with E-state index >= 15 is 0 Å². The molecule has 7 heteroatoms. The predicted molar refractivity (Wildman–Crippen MR) is 80.5 cm³/mol. The van der Waals surface area contributed by atoms with Gasteiger partial charge in [-0.1, -0.05) is 6.07 Å². The molecular weight excluding hydrogens is 282 g/mol. The van der Waals surface area contributed by atoms with Crippen molar-refractivity contribution in [2.24, 2.45) is 0 Å². The van der Waals surface area contributed by atoms with Crippen molar-refractivity contribution in [1.29, 1.82) is 0 Å². The highest BCUT2D eigenvalue weighted by molar-refractivity contribution is 5.73. The van der Waals surface area contributed by atoms with Crippen molar-refractivity contribution in [3.05, 3.63) is 42.5 Å². The second-order valence-electron chi connectivity index (χ2n) is 4.94. The fraction of sp³-hybridized carbons (Fsp3) is 0.333. The zero-order chi connectivity index (χ0) is 15.4. The number of carbonyl (C=O) groups excluding carboxylic acids is 1. The van der Waals surface area contributed by atoms with Crippen LogP contribution in [0.2, 0.25) is 0 Å². The van der Waals surface area contributed by atoms with Crippen molar-refractivity contribution in [1.82, 2.24) is 19.9 Å². The summed E-state index contributed by atoms with van der Waals surface area (Å²) in [5.41, 5.74) is 0. The van der Waals surface area contributed by atoms with E-state index in [1.807, 2.05) is 18.2 Å². The fourth-order valence-corrected chi connectivity index (χ4v) is 2.37. The Morgan fingerprint density at radius 2 is 2.18 bits per heavy atom. The molecule has 0 aromatic carbocycles.